The first kappa shape index (κ1) is 16.7. The Balaban J connectivity index is 1.41. The van der Waals surface area contributed by atoms with Gasteiger partial charge >= 0.3 is 5.97 Å². The van der Waals surface area contributed by atoms with Crippen molar-refractivity contribution in [1.29, 1.82) is 0 Å². The number of rotatable bonds is 3. The van der Waals surface area contributed by atoms with E-state index < -0.39 is 22.8 Å². The molecule has 0 aromatic rings. The SMILES string of the molecule is CC1(C)S[C@@H]2[C@H](N=CC34CCCC3C3C=CN4CC3)C(=O)N2[C@H]1C(=O)O. The van der Waals surface area contributed by atoms with Crippen molar-refractivity contribution in [3.05, 3.63) is 12.3 Å². The van der Waals surface area contributed by atoms with Crippen molar-refractivity contribution in [2.24, 2.45) is 16.8 Å². The van der Waals surface area contributed by atoms with Crippen LogP contribution in [0.4, 0.5) is 0 Å². The van der Waals surface area contributed by atoms with Crippen molar-refractivity contribution in [1.82, 2.24) is 9.80 Å². The van der Waals surface area contributed by atoms with Crippen LogP contribution in [0.2, 0.25) is 0 Å². The highest BCUT2D eigenvalue weighted by Crippen LogP contribution is 2.53. The van der Waals surface area contributed by atoms with Crippen molar-refractivity contribution >= 4 is 29.9 Å². The molecule has 1 saturated carbocycles. The molecule has 0 radical (unpaired) electrons. The second-order valence-electron chi connectivity index (χ2n) is 8.80. The van der Waals surface area contributed by atoms with E-state index in [9.17, 15) is 14.7 Å². The third-order valence-corrected chi connectivity index (χ3v) is 8.67. The quantitative estimate of drug-likeness (QED) is 0.603. The highest BCUT2D eigenvalue weighted by Gasteiger charge is 2.64. The Morgan fingerprint density at radius 3 is 2.92 bits per heavy atom. The Bertz CT molecular complexity index is 736. The molecule has 0 aromatic carbocycles. The fraction of sp³-hybridized carbons (Fsp3) is 0.737. The van der Waals surface area contributed by atoms with Gasteiger partial charge in [0.1, 0.15) is 11.4 Å². The normalized spacial score (nSPS) is 45.2. The fourth-order valence-electron chi connectivity index (χ4n) is 5.91. The van der Waals surface area contributed by atoms with Crippen molar-refractivity contribution in [2.75, 3.05) is 6.54 Å². The first-order valence-electron chi connectivity index (χ1n) is 9.57. The molecule has 1 amide bonds. The number of amides is 1. The average Bonchev–Trinajstić information content (AvgIpc) is 3.15. The minimum atomic E-state index is -0.920. The number of carboxylic acids is 1. The molecule has 7 heteroatoms. The number of carbonyl (C=O) groups excluding carboxylic acids is 1. The second-order valence-corrected chi connectivity index (χ2v) is 10.6. The highest BCUT2D eigenvalue weighted by atomic mass is 32.2. The van der Waals surface area contributed by atoms with Gasteiger partial charge in [-0.05, 0) is 51.1 Å². The zero-order chi connectivity index (χ0) is 18.3. The van der Waals surface area contributed by atoms with Gasteiger partial charge in [0, 0.05) is 17.5 Å². The molecule has 0 aromatic heterocycles. The molecule has 6 atom stereocenters. The molecule has 1 N–H and O–H groups in total. The van der Waals surface area contributed by atoms with Crippen LogP contribution in [0.3, 0.4) is 0 Å². The lowest BCUT2D eigenvalue weighted by Crippen LogP contribution is -2.65. The van der Waals surface area contributed by atoms with E-state index >= 15 is 0 Å². The van der Waals surface area contributed by atoms with Gasteiger partial charge in [-0.15, -0.1) is 11.8 Å². The molecule has 3 saturated heterocycles. The van der Waals surface area contributed by atoms with Crippen molar-refractivity contribution in [3.63, 3.8) is 0 Å². The molecule has 6 rings (SSSR count). The lowest BCUT2D eigenvalue weighted by atomic mass is 9.70. The molecular formula is C19H25N3O3S. The van der Waals surface area contributed by atoms with Crippen LogP contribution in [0.1, 0.15) is 39.5 Å². The number of hydrogen-bond donors (Lipinski definition) is 1. The van der Waals surface area contributed by atoms with Crippen LogP contribution in [0, 0.1) is 11.8 Å². The van der Waals surface area contributed by atoms with Gasteiger partial charge in [0.25, 0.3) is 5.91 Å². The van der Waals surface area contributed by atoms with Gasteiger partial charge in [-0.3, -0.25) is 9.79 Å². The summed E-state index contributed by atoms with van der Waals surface area (Å²) in [6, 6.07) is -1.18. The number of thioether (sulfide) groups is 1. The maximum atomic E-state index is 12.7. The molecule has 2 bridgehead atoms. The average molecular weight is 375 g/mol. The highest BCUT2D eigenvalue weighted by molar-refractivity contribution is 8.01. The van der Waals surface area contributed by atoms with Crippen molar-refractivity contribution in [2.45, 2.75) is 67.3 Å². The Kier molecular flexibility index (Phi) is 3.38. The van der Waals surface area contributed by atoms with Crippen LogP contribution in [-0.2, 0) is 9.59 Å². The molecule has 6 nitrogen and oxygen atoms in total. The van der Waals surface area contributed by atoms with Crippen LogP contribution in [-0.4, -0.2) is 67.3 Å². The first-order chi connectivity index (χ1) is 12.3. The van der Waals surface area contributed by atoms with E-state index in [0.29, 0.717) is 11.8 Å². The predicted octanol–water partition coefficient (Wildman–Crippen LogP) is 1.96. The maximum absolute atomic E-state index is 12.7. The van der Waals surface area contributed by atoms with Crippen LogP contribution >= 0.6 is 11.8 Å². The van der Waals surface area contributed by atoms with Crippen molar-refractivity contribution in [3.8, 4) is 0 Å². The zero-order valence-corrected chi connectivity index (χ0v) is 16.0. The van der Waals surface area contributed by atoms with Crippen LogP contribution in [0.5, 0.6) is 0 Å². The molecular weight excluding hydrogens is 350 g/mol. The molecule has 1 aliphatic carbocycles. The third-order valence-electron chi connectivity index (χ3n) is 7.11. The smallest absolute Gasteiger partial charge is 0.327 e. The Hall–Kier alpha value is -1.50. The van der Waals surface area contributed by atoms with Gasteiger partial charge in [-0.1, -0.05) is 12.5 Å². The van der Waals surface area contributed by atoms with Gasteiger partial charge in [-0.2, -0.15) is 0 Å². The monoisotopic (exact) mass is 375 g/mol. The molecule has 5 aliphatic heterocycles. The first-order valence-corrected chi connectivity index (χ1v) is 10.5. The number of nitrogens with zero attached hydrogens (tertiary/aromatic N) is 3. The van der Waals surface area contributed by atoms with E-state index in [0.717, 1.165) is 13.0 Å². The van der Waals surface area contributed by atoms with Gasteiger partial charge in [-0.25, -0.2) is 4.79 Å². The second kappa shape index (κ2) is 5.27. The van der Waals surface area contributed by atoms with E-state index in [4.69, 9.17) is 4.99 Å². The fourth-order valence-corrected chi connectivity index (χ4v) is 7.53. The number of aliphatic imine (C=N–C) groups is 1. The van der Waals surface area contributed by atoms with Gasteiger partial charge in [0.15, 0.2) is 6.04 Å². The number of piperidine rings is 1. The number of carbonyl (C=O) groups is 2. The summed E-state index contributed by atoms with van der Waals surface area (Å²) in [6.07, 6.45) is 11.4. The minimum Gasteiger partial charge on any atom is -0.480 e. The zero-order valence-electron chi connectivity index (χ0n) is 15.2. The number of allylic oxidation sites excluding steroid dienone is 1. The van der Waals surface area contributed by atoms with E-state index in [1.165, 1.54) is 24.2 Å². The van der Waals surface area contributed by atoms with Crippen LogP contribution < -0.4 is 0 Å². The third kappa shape index (κ3) is 1.98. The van der Waals surface area contributed by atoms with Crippen LogP contribution in [0.15, 0.2) is 17.3 Å². The van der Waals surface area contributed by atoms with E-state index in [2.05, 4.69) is 23.4 Å². The number of aliphatic carboxylic acids is 1. The van der Waals surface area contributed by atoms with E-state index in [-0.39, 0.29) is 16.8 Å². The predicted molar refractivity (Wildman–Crippen MR) is 100 cm³/mol. The summed E-state index contributed by atoms with van der Waals surface area (Å²) in [5, 5.41) is 9.40. The van der Waals surface area contributed by atoms with Gasteiger partial charge in [0.2, 0.25) is 0 Å². The van der Waals surface area contributed by atoms with Gasteiger partial charge < -0.3 is 14.9 Å². The van der Waals surface area contributed by atoms with E-state index in [1.54, 1.807) is 11.8 Å². The Morgan fingerprint density at radius 1 is 1.42 bits per heavy atom. The summed E-state index contributed by atoms with van der Waals surface area (Å²) in [5.74, 6) is 0.194. The molecule has 140 valence electrons. The number of carboxylic acid groups (broad SMARTS) is 1. The maximum Gasteiger partial charge on any atom is 0.327 e. The minimum absolute atomic E-state index is 0.0244. The largest absolute Gasteiger partial charge is 0.480 e. The summed E-state index contributed by atoms with van der Waals surface area (Å²) >= 11 is 1.57. The molecule has 4 fully saturated rings. The molecule has 3 unspecified atom stereocenters. The summed E-state index contributed by atoms with van der Waals surface area (Å²) in [7, 11) is 0. The summed E-state index contributed by atoms with van der Waals surface area (Å²) in [5.41, 5.74) is -0.0244. The standard InChI is InChI=1S/C19H25N3O3S/c1-18(2)14(17(24)25)22-15(23)13(16(22)26-18)20-10-19-7-3-4-12(19)11-5-8-21(19)9-6-11/h5,8,10-14,16H,3-4,6-7,9H2,1-2H3,(H,24,25)/t11?,12?,13-,14+,16-,19?/m1/s1. The summed E-state index contributed by atoms with van der Waals surface area (Å²) in [4.78, 5) is 33.1. The number of hydrogen-bond acceptors (Lipinski definition) is 5. The number of fused-ring (bicyclic) bond motifs is 2. The lowest BCUT2D eigenvalue weighted by molar-refractivity contribution is -0.158. The van der Waals surface area contributed by atoms with Crippen molar-refractivity contribution < 1.29 is 14.7 Å². The molecule has 0 spiro atoms. The molecule has 6 aliphatic rings. The molecule has 26 heavy (non-hydrogen) atoms. The Morgan fingerprint density at radius 2 is 2.23 bits per heavy atom. The van der Waals surface area contributed by atoms with Crippen LogP contribution in [0.25, 0.3) is 0 Å². The van der Waals surface area contributed by atoms with Gasteiger partial charge in [0.05, 0.1) is 5.54 Å². The van der Waals surface area contributed by atoms with E-state index in [1.807, 2.05) is 13.8 Å². The number of β-lactam (4-membered cyclic amide) rings is 1. The lowest BCUT2D eigenvalue weighted by Gasteiger charge is -2.53. The summed E-state index contributed by atoms with van der Waals surface area (Å²) < 4.78 is -0.485. The Labute approximate surface area is 157 Å². The molecule has 5 heterocycles. The topological polar surface area (TPSA) is 73.2 Å². The summed E-state index contributed by atoms with van der Waals surface area (Å²) in [6.45, 7) is 4.89.